The Morgan fingerprint density at radius 1 is 1.37 bits per heavy atom. The number of benzene rings is 1. The van der Waals surface area contributed by atoms with Crippen LogP contribution in [0, 0.1) is 6.92 Å². The molecule has 1 N–H and O–H groups in total. The van der Waals surface area contributed by atoms with Gasteiger partial charge in [0, 0.05) is 28.2 Å². The van der Waals surface area contributed by atoms with E-state index in [2.05, 4.69) is 21.0 Å². The van der Waals surface area contributed by atoms with Crippen LogP contribution in [0.5, 0.6) is 0 Å². The Morgan fingerprint density at radius 3 is 2.74 bits per heavy atom. The number of aromatic nitrogens is 2. The first-order chi connectivity index (χ1) is 8.99. The van der Waals surface area contributed by atoms with Crippen LogP contribution < -0.4 is 0 Å². The lowest BCUT2D eigenvalue weighted by molar-refractivity contribution is 0.175. The van der Waals surface area contributed by atoms with Crippen LogP contribution >= 0.6 is 27.5 Å². The zero-order valence-corrected chi connectivity index (χ0v) is 13.2. The van der Waals surface area contributed by atoms with Gasteiger partial charge in [0.25, 0.3) is 0 Å². The molecule has 0 spiro atoms. The molecule has 2 aromatic rings. The van der Waals surface area contributed by atoms with Crippen LogP contribution in [0.4, 0.5) is 0 Å². The van der Waals surface area contributed by atoms with Gasteiger partial charge in [-0.05, 0) is 43.7 Å². The fraction of sp³-hybridized carbons (Fsp3) is 0.357. The molecule has 1 heterocycles. The summed E-state index contributed by atoms with van der Waals surface area (Å²) in [4.78, 5) is 0. The number of rotatable bonds is 4. The molecule has 0 fully saturated rings. The van der Waals surface area contributed by atoms with Crippen LogP contribution in [-0.4, -0.2) is 14.9 Å². The zero-order valence-electron chi connectivity index (χ0n) is 10.9. The van der Waals surface area contributed by atoms with Crippen LogP contribution in [0.15, 0.2) is 28.7 Å². The second kappa shape index (κ2) is 6.07. The number of nitrogens with zero attached hydrogens (tertiary/aromatic N) is 2. The van der Waals surface area contributed by atoms with Crippen molar-refractivity contribution in [3.05, 3.63) is 50.7 Å². The Labute approximate surface area is 126 Å². The Kier molecular flexibility index (Phi) is 4.66. The van der Waals surface area contributed by atoms with E-state index < -0.39 is 6.10 Å². The minimum Gasteiger partial charge on any atom is -0.388 e. The van der Waals surface area contributed by atoms with E-state index in [1.54, 1.807) is 12.1 Å². The SMILES string of the molecule is CCn1nc(C)cc1CC(O)c1cc(Cl)cc(Br)c1. The molecule has 5 heteroatoms. The van der Waals surface area contributed by atoms with Crippen molar-refractivity contribution in [1.82, 2.24) is 9.78 Å². The number of hydrogen-bond acceptors (Lipinski definition) is 2. The molecule has 0 bridgehead atoms. The highest BCUT2D eigenvalue weighted by Crippen LogP contribution is 2.26. The van der Waals surface area contributed by atoms with Gasteiger partial charge in [0.15, 0.2) is 0 Å². The van der Waals surface area contributed by atoms with Gasteiger partial charge in [-0.1, -0.05) is 27.5 Å². The number of aliphatic hydroxyl groups excluding tert-OH is 1. The molecule has 1 unspecified atom stereocenters. The molecule has 0 saturated heterocycles. The van der Waals surface area contributed by atoms with Gasteiger partial charge in [-0.25, -0.2) is 0 Å². The largest absolute Gasteiger partial charge is 0.388 e. The predicted octanol–water partition coefficient (Wildman–Crippen LogP) is 3.90. The summed E-state index contributed by atoms with van der Waals surface area (Å²) in [6.07, 6.45) is -0.0574. The highest BCUT2D eigenvalue weighted by atomic mass is 79.9. The third kappa shape index (κ3) is 3.59. The van der Waals surface area contributed by atoms with Crippen LogP contribution in [0.25, 0.3) is 0 Å². The second-order valence-corrected chi connectivity index (χ2v) is 5.87. The minimum atomic E-state index is -0.587. The molecule has 102 valence electrons. The number of halogens is 2. The molecule has 0 aliphatic carbocycles. The van der Waals surface area contributed by atoms with E-state index in [-0.39, 0.29) is 0 Å². The topological polar surface area (TPSA) is 38.0 Å². The third-order valence-corrected chi connectivity index (χ3v) is 3.63. The fourth-order valence-corrected chi connectivity index (χ4v) is 3.01. The van der Waals surface area contributed by atoms with Crippen molar-refractivity contribution in [1.29, 1.82) is 0 Å². The van der Waals surface area contributed by atoms with Crippen LogP contribution in [0.2, 0.25) is 5.02 Å². The summed E-state index contributed by atoms with van der Waals surface area (Å²) in [5.41, 5.74) is 2.81. The summed E-state index contributed by atoms with van der Waals surface area (Å²) in [7, 11) is 0. The molecule has 0 aliphatic heterocycles. The maximum atomic E-state index is 10.3. The van der Waals surface area contributed by atoms with Gasteiger partial charge < -0.3 is 5.11 Å². The van der Waals surface area contributed by atoms with E-state index in [0.29, 0.717) is 11.4 Å². The first kappa shape index (κ1) is 14.6. The van der Waals surface area contributed by atoms with Gasteiger partial charge in [-0.15, -0.1) is 0 Å². The number of aliphatic hydroxyl groups is 1. The molecule has 3 nitrogen and oxygen atoms in total. The molecule has 1 aromatic carbocycles. The average molecular weight is 344 g/mol. The molecule has 2 rings (SSSR count). The average Bonchev–Trinajstić information content (AvgIpc) is 2.68. The zero-order chi connectivity index (χ0) is 14.0. The maximum Gasteiger partial charge on any atom is 0.0846 e. The van der Waals surface area contributed by atoms with Crippen molar-refractivity contribution < 1.29 is 5.11 Å². The molecular formula is C14H16BrClN2O. The predicted molar refractivity (Wildman–Crippen MR) is 80.5 cm³/mol. The smallest absolute Gasteiger partial charge is 0.0846 e. The Morgan fingerprint density at radius 2 is 2.11 bits per heavy atom. The minimum absolute atomic E-state index is 0.529. The van der Waals surface area contributed by atoms with E-state index in [4.69, 9.17) is 11.6 Å². The maximum absolute atomic E-state index is 10.3. The van der Waals surface area contributed by atoms with Crippen LogP contribution in [0.3, 0.4) is 0 Å². The van der Waals surface area contributed by atoms with Crippen molar-refractivity contribution in [2.75, 3.05) is 0 Å². The molecule has 0 amide bonds. The van der Waals surface area contributed by atoms with Crippen molar-refractivity contribution in [3.8, 4) is 0 Å². The van der Waals surface area contributed by atoms with Gasteiger partial charge in [0.05, 0.1) is 11.8 Å². The number of hydrogen-bond donors (Lipinski definition) is 1. The van der Waals surface area contributed by atoms with E-state index in [0.717, 1.165) is 28.0 Å². The summed E-state index contributed by atoms with van der Waals surface area (Å²) in [5.74, 6) is 0. The van der Waals surface area contributed by atoms with Gasteiger partial charge in [-0.3, -0.25) is 4.68 Å². The van der Waals surface area contributed by atoms with E-state index in [1.807, 2.05) is 30.7 Å². The Bertz CT molecular complexity index is 563. The normalized spacial score (nSPS) is 12.7. The monoisotopic (exact) mass is 342 g/mol. The molecule has 1 aromatic heterocycles. The summed E-state index contributed by atoms with van der Waals surface area (Å²) in [6, 6.07) is 7.48. The molecule has 0 aliphatic rings. The van der Waals surface area contributed by atoms with E-state index in [1.165, 1.54) is 0 Å². The second-order valence-electron chi connectivity index (χ2n) is 4.52. The summed E-state index contributed by atoms with van der Waals surface area (Å²) < 4.78 is 2.78. The fourth-order valence-electron chi connectivity index (χ4n) is 2.12. The summed E-state index contributed by atoms with van der Waals surface area (Å²) in [6.45, 7) is 4.80. The highest BCUT2D eigenvalue weighted by molar-refractivity contribution is 9.10. The van der Waals surface area contributed by atoms with Gasteiger partial charge >= 0.3 is 0 Å². The molecule has 0 saturated carbocycles. The Hall–Kier alpha value is -0.840. The summed E-state index contributed by atoms with van der Waals surface area (Å²) >= 11 is 9.39. The lowest BCUT2D eigenvalue weighted by Gasteiger charge is -2.13. The van der Waals surface area contributed by atoms with Crippen LogP contribution in [0.1, 0.15) is 30.0 Å². The lowest BCUT2D eigenvalue weighted by atomic mass is 10.0. The van der Waals surface area contributed by atoms with Crippen molar-refractivity contribution in [3.63, 3.8) is 0 Å². The van der Waals surface area contributed by atoms with Crippen molar-refractivity contribution in [2.45, 2.75) is 32.9 Å². The van der Waals surface area contributed by atoms with Crippen LogP contribution in [-0.2, 0) is 13.0 Å². The quantitative estimate of drug-likeness (QED) is 0.914. The first-order valence-corrected chi connectivity index (χ1v) is 7.34. The highest BCUT2D eigenvalue weighted by Gasteiger charge is 2.13. The van der Waals surface area contributed by atoms with Crippen molar-refractivity contribution in [2.24, 2.45) is 0 Å². The molecular weight excluding hydrogens is 328 g/mol. The van der Waals surface area contributed by atoms with Crippen molar-refractivity contribution >= 4 is 27.5 Å². The van der Waals surface area contributed by atoms with Gasteiger partial charge in [0.1, 0.15) is 0 Å². The summed E-state index contributed by atoms with van der Waals surface area (Å²) in [5, 5.41) is 15.3. The molecule has 19 heavy (non-hydrogen) atoms. The standard InChI is InChI=1S/C14H16BrClN2O/c1-3-18-13(4-9(2)17-18)8-14(19)10-5-11(15)7-12(16)6-10/h4-7,14,19H,3,8H2,1-2H3. The van der Waals surface area contributed by atoms with E-state index >= 15 is 0 Å². The Balaban J connectivity index is 2.22. The molecule has 0 radical (unpaired) electrons. The molecule has 1 atom stereocenters. The van der Waals surface area contributed by atoms with E-state index in [9.17, 15) is 5.11 Å². The van der Waals surface area contributed by atoms with Gasteiger partial charge in [-0.2, -0.15) is 5.10 Å². The first-order valence-electron chi connectivity index (χ1n) is 6.17. The van der Waals surface area contributed by atoms with Gasteiger partial charge in [0.2, 0.25) is 0 Å². The third-order valence-electron chi connectivity index (χ3n) is 2.96. The number of aryl methyl sites for hydroxylation is 2. The lowest BCUT2D eigenvalue weighted by Crippen LogP contribution is -2.08.